The molecular formula is C23H23N3O4. The largest absolute Gasteiger partial charge is 0.497 e. The Balaban J connectivity index is 2.05. The number of hydrogen-bond acceptors (Lipinski definition) is 6. The molecule has 7 heteroatoms. The molecule has 0 atom stereocenters. The van der Waals surface area contributed by atoms with Crippen molar-refractivity contribution in [3.63, 3.8) is 0 Å². The summed E-state index contributed by atoms with van der Waals surface area (Å²) in [6.45, 7) is 3.76. The Hall–Kier alpha value is -3.74. The summed E-state index contributed by atoms with van der Waals surface area (Å²) < 4.78 is 11.9. The van der Waals surface area contributed by atoms with Gasteiger partial charge in [0.25, 0.3) is 0 Å². The van der Waals surface area contributed by atoms with Crippen LogP contribution in [0.1, 0.15) is 36.3 Å². The maximum absolute atomic E-state index is 13.3. The third-order valence-electron chi connectivity index (χ3n) is 4.35. The summed E-state index contributed by atoms with van der Waals surface area (Å²) >= 11 is 0. The lowest BCUT2D eigenvalue weighted by Crippen LogP contribution is -2.10. The number of nitrogens with zero attached hydrogens (tertiary/aromatic N) is 3. The molecule has 0 bridgehead atoms. The lowest BCUT2D eigenvalue weighted by molar-refractivity contribution is -0.141. The van der Waals surface area contributed by atoms with Crippen LogP contribution in [0.5, 0.6) is 5.75 Å². The Labute approximate surface area is 175 Å². The number of rotatable bonds is 8. The molecule has 0 N–H and O–H groups in total. The van der Waals surface area contributed by atoms with Crippen molar-refractivity contribution in [2.24, 2.45) is 4.99 Å². The van der Waals surface area contributed by atoms with Crippen LogP contribution in [0.3, 0.4) is 0 Å². The fraction of sp³-hybridized carbons (Fsp3) is 0.217. The lowest BCUT2D eigenvalue weighted by Gasteiger charge is -2.09. The number of esters is 1. The number of carbonyl (C=O) groups excluding carboxylic acids is 2. The highest BCUT2D eigenvalue weighted by atomic mass is 16.5. The van der Waals surface area contributed by atoms with Gasteiger partial charge in [0.2, 0.25) is 5.78 Å². The van der Waals surface area contributed by atoms with E-state index >= 15 is 0 Å². The van der Waals surface area contributed by atoms with Gasteiger partial charge in [0, 0.05) is 17.0 Å². The van der Waals surface area contributed by atoms with Crippen molar-refractivity contribution in [3.05, 3.63) is 72.2 Å². The van der Waals surface area contributed by atoms with Gasteiger partial charge < -0.3 is 9.47 Å². The van der Waals surface area contributed by atoms with Crippen LogP contribution in [0.2, 0.25) is 0 Å². The highest BCUT2D eigenvalue weighted by Gasteiger charge is 2.21. The predicted octanol–water partition coefficient (Wildman–Crippen LogP) is 4.16. The molecule has 3 rings (SSSR count). The minimum atomic E-state index is -0.371. The van der Waals surface area contributed by atoms with Gasteiger partial charge in [0.1, 0.15) is 17.8 Å². The number of aliphatic imine (C=N–C) groups is 1. The Morgan fingerprint density at radius 3 is 2.40 bits per heavy atom. The fourth-order valence-corrected chi connectivity index (χ4v) is 2.94. The van der Waals surface area contributed by atoms with E-state index in [1.807, 2.05) is 18.2 Å². The Kier molecular flexibility index (Phi) is 6.75. The first-order valence-electron chi connectivity index (χ1n) is 9.54. The summed E-state index contributed by atoms with van der Waals surface area (Å²) in [7, 11) is 1.59. The molecule has 1 aromatic heterocycles. The molecule has 0 radical (unpaired) electrons. The van der Waals surface area contributed by atoms with Crippen LogP contribution in [-0.4, -0.2) is 40.7 Å². The molecule has 0 aliphatic heterocycles. The van der Waals surface area contributed by atoms with Crippen LogP contribution in [-0.2, 0) is 9.53 Å². The van der Waals surface area contributed by atoms with Gasteiger partial charge in [-0.3, -0.25) is 14.2 Å². The van der Waals surface area contributed by atoms with Crippen LogP contribution >= 0.6 is 0 Å². The van der Waals surface area contributed by atoms with Gasteiger partial charge in [-0.05, 0) is 38.1 Å². The topological polar surface area (TPSA) is 82.8 Å². The number of carbonyl (C=O) groups is 2. The zero-order valence-corrected chi connectivity index (χ0v) is 17.2. The van der Waals surface area contributed by atoms with E-state index in [0.717, 1.165) is 5.69 Å². The highest BCUT2D eigenvalue weighted by molar-refractivity contribution is 6.11. The van der Waals surface area contributed by atoms with Gasteiger partial charge in [-0.25, -0.2) is 9.98 Å². The quantitative estimate of drug-likeness (QED) is 0.319. The Morgan fingerprint density at radius 1 is 1.07 bits per heavy atom. The average molecular weight is 405 g/mol. The minimum absolute atomic E-state index is 0.0300. The smallest absolute Gasteiger partial charge is 0.311 e. The monoisotopic (exact) mass is 405 g/mol. The molecule has 2 aromatic carbocycles. The molecule has 3 aromatic rings. The molecular weight excluding hydrogens is 382 g/mol. The zero-order valence-electron chi connectivity index (χ0n) is 17.2. The van der Waals surface area contributed by atoms with E-state index in [2.05, 4.69) is 9.98 Å². The maximum Gasteiger partial charge on any atom is 0.311 e. The molecule has 7 nitrogen and oxygen atoms in total. The highest BCUT2D eigenvalue weighted by Crippen LogP contribution is 2.26. The lowest BCUT2D eigenvalue weighted by atomic mass is 10.1. The molecule has 0 fully saturated rings. The zero-order chi connectivity index (χ0) is 21.5. The molecule has 0 aliphatic rings. The van der Waals surface area contributed by atoms with Crippen molar-refractivity contribution >= 4 is 23.3 Å². The summed E-state index contributed by atoms with van der Waals surface area (Å²) in [4.78, 5) is 33.9. The van der Waals surface area contributed by atoms with Crippen molar-refractivity contribution < 1.29 is 19.1 Å². The van der Waals surface area contributed by atoms with E-state index in [1.54, 1.807) is 68.2 Å². The normalized spacial score (nSPS) is 11.2. The molecule has 0 amide bonds. The minimum Gasteiger partial charge on any atom is -0.497 e. The first kappa shape index (κ1) is 21.0. The second-order valence-electron chi connectivity index (χ2n) is 6.51. The van der Waals surface area contributed by atoms with E-state index in [9.17, 15) is 9.59 Å². The maximum atomic E-state index is 13.3. The van der Waals surface area contributed by atoms with Gasteiger partial charge in [0.15, 0.2) is 5.82 Å². The van der Waals surface area contributed by atoms with E-state index in [-0.39, 0.29) is 24.0 Å². The van der Waals surface area contributed by atoms with E-state index < -0.39 is 0 Å². The number of methoxy groups -OCH3 is 1. The van der Waals surface area contributed by atoms with Crippen LogP contribution in [0.25, 0.3) is 5.69 Å². The van der Waals surface area contributed by atoms with Crippen LogP contribution in [0, 0.1) is 0 Å². The predicted molar refractivity (Wildman–Crippen MR) is 114 cm³/mol. The van der Waals surface area contributed by atoms with Gasteiger partial charge >= 0.3 is 5.97 Å². The van der Waals surface area contributed by atoms with E-state index in [4.69, 9.17) is 9.47 Å². The molecule has 1 heterocycles. The van der Waals surface area contributed by atoms with Crippen molar-refractivity contribution in [2.75, 3.05) is 13.7 Å². The van der Waals surface area contributed by atoms with E-state index in [1.165, 1.54) is 0 Å². The SMILES string of the molecule is CCOC(=O)C/C(C)=N/c1ncn(-c2ccc(OC)cc2)c1C(=O)c1ccccc1. The van der Waals surface area contributed by atoms with Crippen LogP contribution in [0.4, 0.5) is 5.82 Å². The van der Waals surface area contributed by atoms with Crippen molar-refractivity contribution in [2.45, 2.75) is 20.3 Å². The van der Waals surface area contributed by atoms with Gasteiger partial charge in [0.05, 0.1) is 20.1 Å². The summed E-state index contributed by atoms with van der Waals surface area (Å²) in [6, 6.07) is 16.2. The van der Waals surface area contributed by atoms with Crippen LogP contribution in [0.15, 0.2) is 65.9 Å². The van der Waals surface area contributed by atoms with E-state index in [0.29, 0.717) is 29.3 Å². The number of ether oxygens (including phenoxy) is 2. The second kappa shape index (κ2) is 9.65. The number of imidazole rings is 1. The number of ketones is 1. The number of hydrogen-bond donors (Lipinski definition) is 0. The third kappa shape index (κ3) is 4.81. The van der Waals surface area contributed by atoms with Gasteiger partial charge in [-0.15, -0.1) is 0 Å². The molecule has 0 spiro atoms. The Morgan fingerprint density at radius 2 is 1.77 bits per heavy atom. The standard InChI is InChI=1S/C23H23N3O4/c1-4-30-20(27)14-16(2)25-23-21(22(28)17-8-6-5-7-9-17)26(15-24-23)18-10-12-19(29-3)13-11-18/h5-13,15H,4,14H2,1-3H3/b25-16+. The van der Waals surface area contributed by atoms with Crippen molar-refractivity contribution in [3.8, 4) is 11.4 Å². The summed E-state index contributed by atoms with van der Waals surface area (Å²) in [5, 5.41) is 0. The second-order valence-corrected chi connectivity index (χ2v) is 6.51. The summed E-state index contributed by atoms with van der Waals surface area (Å²) in [6.07, 6.45) is 1.58. The average Bonchev–Trinajstić information content (AvgIpc) is 3.17. The molecule has 0 saturated heterocycles. The molecule has 30 heavy (non-hydrogen) atoms. The first-order chi connectivity index (χ1) is 14.5. The third-order valence-corrected chi connectivity index (χ3v) is 4.35. The fourth-order valence-electron chi connectivity index (χ4n) is 2.94. The molecule has 0 unspecified atom stereocenters. The molecule has 0 saturated carbocycles. The Bertz CT molecular complexity index is 1050. The number of aromatic nitrogens is 2. The first-order valence-corrected chi connectivity index (χ1v) is 9.54. The van der Waals surface area contributed by atoms with Gasteiger partial charge in [-0.2, -0.15) is 0 Å². The number of benzene rings is 2. The van der Waals surface area contributed by atoms with Gasteiger partial charge in [-0.1, -0.05) is 30.3 Å². The van der Waals surface area contributed by atoms with Crippen molar-refractivity contribution in [1.82, 2.24) is 9.55 Å². The van der Waals surface area contributed by atoms with Crippen LogP contribution < -0.4 is 4.74 Å². The van der Waals surface area contributed by atoms with Crippen molar-refractivity contribution in [1.29, 1.82) is 0 Å². The summed E-state index contributed by atoms with van der Waals surface area (Å²) in [5.41, 5.74) is 2.09. The molecule has 154 valence electrons. The molecule has 0 aliphatic carbocycles. The summed E-state index contributed by atoms with van der Waals surface area (Å²) in [5.74, 6) is 0.371.